The zero-order chi connectivity index (χ0) is 13.1. The molecule has 0 unspecified atom stereocenters. The van der Waals surface area contributed by atoms with E-state index in [0.717, 1.165) is 17.9 Å². The number of aromatic nitrogens is 2. The van der Waals surface area contributed by atoms with Crippen LogP contribution < -0.4 is 11.1 Å². The predicted octanol–water partition coefficient (Wildman–Crippen LogP) is 3.16. The average molecular weight is 262 g/mol. The van der Waals surface area contributed by atoms with Crippen LogP contribution in [0.5, 0.6) is 0 Å². The summed E-state index contributed by atoms with van der Waals surface area (Å²) < 4.78 is 0. The molecule has 4 nitrogen and oxygen atoms in total. The van der Waals surface area contributed by atoms with Gasteiger partial charge in [-0.15, -0.1) is 0 Å². The number of thiophene rings is 1. The lowest BCUT2D eigenvalue weighted by Crippen LogP contribution is -2.09. The van der Waals surface area contributed by atoms with Gasteiger partial charge < -0.3 is 11.1 Å². The van der Waals surface area contributed by atoms with Crippen molar-refractivity contribution in [3.63, 3.8) is 0 Å². The molecule has 5 heteroatoms. The summed E-state index contributed by atoms with van der Waals surface area (Å²) in [5, 5.41) is 7.66. The summed E-state index contributed by atoms with van der Waals surface area (Å²) in [5.74, 6) is 1.70. The highest BCUT2D eigenvalue weighted by Crippen LogP contribution is 2.27. The maximum atomic E-state index is 5.91. The summed E-state index contributed by atoms with van der Waals surface area (Å²) in [4.78, 5) is 8.34. The summed E-state index contributed by atoms with van der Waals surface area (Å²) in [6, 6.07) is 0. The molecule has 18 heavy (non-hydrogen) atoms. The molecule has 0 saturated heterocycles. The van der Waals surface area contributed by atoms with Gasteiger partial charge >= 0.3 is 0 Å². The molecule has 0 fully saturated rings. The Morgan fingerprint density at radius 1 is 1.33 bits per heavy atom. The van der Waals surface area contributed by atoms with Crippen LogP contribution in [-0.2, 0) is 6.54 Å². The summed E-state index contributed by atoms with van der Waals surface area (Å²) in [6.07, 6.45) is 1.50. The van der Waals surface area contributed by atoms with Crippen LogP contribution in [0, 0.1) is 6.92 Å². The van der Waals surface area contributed by atoms with Crippen molar-refractivity contribution in [1.82, 2.24) is 9.97 Å². The van der Waals surface area contributed by atoms with Crippen molar-refractivity contribution >= 4 is 23.0 Å². The molecule has 0 bridgehead atoms. The third kappa shape index (κ3) is 2.61. The summed E-state index contributed by atoms with van der Waals surface area (Å²) in [7, 11) is 0. The third-order valence-electron chi connectivity index (χ3n) is 2.90. The third-order valence-corrected chi connectivity index (χ3v) is 3.81. The SMILES string of the molecule is Cc1cscc1CNc1ncnc(N)c1C(C)C. The van der Waals surface area contributed by atoms with Gasteiger partial charge in [-0.25, -0.2) is 9.97 Å². The van der Waals surface area contributed by atoms with E-state index in [0.29, 0.717) is 11.7 Å². The Morgan fingerprint density at radius 2 is 2.11 bits per heavy atom. The molecule has 0 aromatic carbocycles. The van der Waals surface area contributed by atoms with Gasteiger partial charge in [0.2, 0.25) is 0 Å². The Kier molecular flexibility index (Phi) is 3.81. The lowest BCUT2D eigenvalue weighted by atomic mass is 10.0. The lowest BCUT2D eigenvalue weighted by molar-refractivity contribution is 0.849. The van der Waals surface area contributed by atoms with Crippen LogP contribution in [-0.4, -0.2) is 9.97 Å². The molecule has 3 N–H and O–H groups in total. The van der Waals surface area contributed by atoms with Gasteiger partial charge in [-0.05, 0) is 34.7 Å². The fourth-order valence-corrected chi connectivity index (χ4v) is 2.72. The topological polar surface area (TPSA) is 63.8 Å². The minimum Gasteiger partial charge on any atom is -0.383 e. The van der Waals surface area contributed by atoms with Crippen LogP contribution in [0.15, 0.2) is 17.1 Å². The highest BCUT2D eigenvalue weighted by Gasteiger charge is 2.12. The quantitative estimate of drug-likeness (QED) is 0.888. The molecular weight excluding hydrogens is 244 g/mol. The predicted molar refractivity (Wildman–Crippen MR) is 76.9 cm³/mol. The highest BCUT2D eigenvalue weighted by molar-refractivity contribution is 7.08. The average Bonchev–Trinajstić information content (AvgIpc) is 2.71. The molecule has 0 saturated carbocycles. The van der Waals surface area contributed by atoms with E-state index < -0.39 is 0 Å². The highest BCUT2D eigenvalue weighted by atomic mass is 32.1. The number of hydrogen-bond acceptors (Lipinski definition) is 5. The first-order valence-corrected chi connectivity index (χ1v) is 6.89. The molecule has 0 spiro atoms. The van der Waals surface area contributed by atoms with Crippen LogP contribution >= 0.6 is 11.3 Å². The Bertz CT molecular complexity index is 534. The van der Waals surface area contributed by atoms with Crippen molar-refractivity contribution in [3.05, 3.63) is 33.8 Å². The Balaban J connectivity index is 2.19. The summed E-state index contributed by atoms with van der Waals surface area (Å²) >= 11 is 1.72. The molecule has 2 aromatic rings. The first kappa shape index (κ1) is 12.8. The van der Waals surface area contributed by atoms with Crippen molar-refractivity contribution < 1.29 is 0 Å². The van der Waals surface area contributed by atoms with Gasteiger partial charge in [0.25, 0.3) is 0 Å². The number of nitrogens with two attached hydrogens (primary N) is 1. The van der Waals surface area contributed by atoms with Gasteiger partial charge in [-0.3, -0.25) is 0 Å². The molecule has 0 radical (unpaired) electrons. The van der Waals surface area contributed by atoms with Crippen LogP contribution in [0.2, 0.25) is 0 Å². The second-order valence-electron chi connectivity index (χ2n) is 4.61. The van der Waals surface area contributed by atoms with E-state index in [-0.39, 0.29) is 0 Å². The van der Waals surface area contributed by atoms with E-state index in [9.17, 15) is 0 Å². The monoisotopic (exact) mass is 262 g/mol. The zero-order valence-corrected chi connectivity index (χ0v) is 11.7. The smallest absolute Gasteiger partial charge is 0.135 e. The van der Waals surface area contributed by atoms with E-state index in [2.05, 4.69) is 46.8 Å². The van der Waals surface area contributed by atoms with Crippen LogP contribution in [0.3, 0.4) is 0 Å². The molecule has 2 rings (SSSR count). The van der Waals surface area contributed by atoms with Gasteiger partial charge in [0.05, 0.1) is 0 Å². The van der Waals surface area contributed by atoms with Crippen LogP contribution in [0.1, 0.15) is 36.5 Å². The molecular formula is C13H18N4S. The van der Waals surface area contributed by atoms with Crippen LogP contribution in [0.4, 0.5) is 11.6 Å². The van der Waals surface area contributed by atoms with Crippen molar-refractivity contribution in [1.29, 1.82) is 0 Å². The standard InChI is InChI=1S/C13H18N4S/c1-8(2)11-12(14)16-7-17-13(11)15-4-10-6-18-5-9(10)3/h5-8H,4H2,1-3H3,(H3,14,15,16,17). The van der Waals surface area contributed by atoms with Crippen molar-refractivity contribution in [2.45, 2.75) is 33.2 Å². The van der Waals surface area contributed by atoms with Crippen molar-refractivity contribution in [2.75, 3.05) is 11.1 Å². The first-order valence-electron chi connectivity index (χ1n) is 5.95. The minimum atomic E-state index is 0.303. The number of nitrogen functional groups attached to an aromatic ring is 1. The fraction of sp³-hybridized carbons (Fsp3) is 0.385. The molecule has 2 heterocycles. The van der Waals surface area contributed by atoms with Gasteiger partial charge in [0, 0.05) is 12.1 Å². The van der Waals surface area contributed by atoms with E-state index >= 15 is 0 Å². The summed E-state index contributed by atoms with van der Waals surface area (Å²) in [6.45, 7) is 7.07. The molecule has 0 aliphatic carbocycles. The zero-order valence-electron chi connectivity index (χ0n) is 10.9. The van der Waals surface area contributed by atoms with Gasteiger partial charge in [-0.1, -0.05) is 13.8 Å². The number of nitrogens with one attached hydrogen (secondary N) is 1. The number of aryl methyl sites for hydroxylation is 1. The molecule has 2 aromatic heterocycles. The second-order valence-corrected chi connectivity index (χ2v) is 5.35. The molecule has 0 amide bonds. The van der Waals surface area contributed by atoms with E-state index in [4.69, 9.17) is 5.73 Å². The van der Waals surface area contributed by atoms with Crippen molar-refractivity contribution in [2.24, 2.45) is 0 Å². The van der Waals surface area contributed by atoms with E-state index in [1.807, 2.05) is 0 Å². The minimum absolute atomic E-state index is 0.303. The van der Waals surface area contributed by atoms with Crippen LogP contribution in [0.25, 0.3) is 0 Å². The van der Waals surface area contributed by atoms with Gasteiger partial charge in [0.1, 0.15) is 18.0 Å². The molecule has 96 valence electrons. The number of anilines is 2. The number of hydrogen-bond donors (Lipinski definition) is 2. The van der Waals surface area contributed by atoms with E-state index in [1.54, 1.807) is 11.3 Å². The Hall–Kier alpha value is -1.62. The second kappa shape index (κ2) is 5.35. The maximum Gasteiger partial charge on any atom is 0.135 e. The lowest BCUT2D eigenvalue weighted by Gasteiger charge is -2.14. The fourth-order valence-electron chi connectivity index (χ4n) is 1.87. The summed E-state index contributed by atoms with van der Waals surface area (Å²) in [5.41, 5.74) is 9.51. The van der Waals surface area contributed by atoms with Crippen molar-refractivity contribution in [3.8, 4) is 0 Å². The normalized spacial score (nSPS) is 10.9. The molecule has 0 aliphatic rings. The Morgan fingerprint density at radius 3 is 2.72 bits per heavy atom. The van der Waals surface area contributed by atoms with Gasteiger partial charge in [0.15, 0.2) is 0 Å². The number of nitrogens with zero attached hydrogens (tertiary/aromatic N) is 2. The molecule has 0 atom stereocenters. The van der Waals surface area contributed by atoms with E-state index in [1.165, 1.54) is 17.5 Å². The van der Waals surface area contributed by atoms with Gasteiger partial charge in [-0.2, -0.15) is 11.3 Å². The Labute approximate surface area is 111 Å². The maximum absolute atomic E-state index is 5.91. The first-order chi connectivity index (χ1) is 8.59. The number of rotatable bonds is 4. The molecule has 0 aliphatic heterocycles. The largest absolute Gasteiger partial charge is 0.383 e.